The largest absolute Gasteiger partial charge is 0.443 e. The van der Waals surface area contributed by atoms with Crippen LogP contribution in [0, 0.1) is 12.7 Å². The number of nitrogens with zero attached hydrogens (tertiary/aromatic N) is 5. The Morgan fingerprint density at radius 1 is 1.12 bits per heavy atom. The predicted molar refractivity (Wildman–Crippen MR) is 123 cm³/mol. The summed E-state index contributed by atoms with van der Waals surface area (Å²) in [5.41, 5.74) is 2.08. The number of hydrogen-bond acceptors (Lipinski definition) is 7. The first kappa shape index (κ1) is 22.5. The molecule has 2 saturated heterocycles. The summed E-state index contributed by atoms with van der Waals surface area (Å²) in [5, 5.41) is 0. The van der Waals surface area contributed by atoms with Gasteiger partial charge in [-0.2, -0.15) is 0 Å². The van der Waals surface area contributed by atoms with Gasteiger partial charge in [0.15, 0.2) is 0 Å². The van der Waals surface area contributed by atoms with E-state index in [-0.39, 0.29) is 17.8 Å². The van der Waals surface area contributed by atoms with Gasteiger partial charge in [0.25, 0.3) is 5.91 Å². The molecule has 0 N–H and O–H groups in total. The Kier molecular flexibility index (Phi) is 6.53. The maximum atomic E-state index is 13.6. The number of piperidine rings is 1. The number of ether oxygens (including phenoxy) is 1. The molecule has 0 saturated carbocycles. The topological polar surface area (TPSA) is 84.6 Å². The summed E-state index contributed by atoms with van der Waals surface area (Å²) in [6.45, 7) is 5.16. The summed E-state index contributed by atoms with van der Waals surface area (Å²) >= 11 is 0. The molecule has 8 nitrogen and oxygen atoms in total. The number of anilines is 1. The van der Waals surface area contributed by atoms with E-state index >= 15 is 0 Å². The van der Waals surface area contributed by atoms with Crippen LogP contribution in [-0.4, -0.2) is 58.6 Å². The van der Waals surface area contributed by atoms with E-state index in [0.29, 0.717) is 62.6 Å². The van der Waals surface area contributed by atoms with Crippen LogP contribution in [0.1, 0.15) is 58.7 Å². The molecule has 178 valence electrons. The van der Waals surface area contributed by atoms with Gasteiger partial charge in [0.1, 0.15) is 23.3 Å². The zero-order valence-corrected chi connectivity index (χ0v) is 19.2. The Morgan fingerprint density at radius 3 is 2.71 bits per heavy atom. The van der Waals surface area contributed by atoms with Gasteiger partial charge < -0.3 is 19.0 Å². The van der Waals surface area contributed by atoms with Crippen molar-refractivity contribution < 1.29 is 18.3 Å². The molecule has 1 amide bonds. The van der Waals surface area contributed by atoms with E-state index in [0.717, 1.165) is 30.5 Å². The lowest BCUT2D eigenvalue weighted by Crippen LogP contribution is -2.40. The molecule has 5 rings (SSSR count). The molecule has 0 unspecified atom stereocenters. The number of amides is 1. The van der Waals surface area contributed by atoms with Gasteiger partial charge in [0.05, 0.1) is 19.4 Å². The van der Waals surface area contributed by atoms with Gasteiger partial charge in [-0.25, -0.2) is 19.3 Å². The van der Waals surface area contributed by atoms with Crippen LogP contribution in [0.5, 0.6) is 0 Å². The number of rotatable bonds is 5. The zero-order chi connectivity index (χ0) is 23.5. The van der Waals surface area contributed by atoms with E-state index in [2.05, 4.69) is 19.9 Å². The van der Waals surface area contributed by atoms with Crippen molar-refractivity contribution in [3.8, 4) is 0 Å². The number of oxazole rings is 1. The molecule has 34 heavy (non-hydrogen) atoms. The summed E-state index contributed by atoms with van der Waals surface area (Å²) in [5.74, 6) is 1.38. The van der Waals surface area contributed by atoms with Crippen LogP contribution in [-0.2, 0) is 11.2 Å². The van der Waals surface area contributed by atoms with Crippen LogP contribution >= 0.6 is 0 Å². The van der Waals surface area contributed by atoms with Crippen molar-refractivity contribution in [3.05, 3.63) is 70.9 Å². The number of morpholine rings is 1. The SMILES string of the molecule is Cc1cc(C(=O)N2CCCC[C@H]2c2ncc(Cc3ccc(F)cc3)o2)nc(N2CCOCC2)n1. The highest BCUT2D eigenvalue weighted by atomic mass is 19.1. The Balaban J connectivity index is 1.36. The number of aryl methyl sites for hydroxylation is 1. The minimum atomic E-state index is -0.268. The summed E-state index contributed by atoms with van der Waals surface area (Å²) in [6.07, 6.45) is 4.91. The molecular formula is C25H28FN5O3. The standard InChI is InChI=1S/C25H28FN5O3/c1-17-14-21(29-25(28-17)30-10-12-33-13-11-30)24(32)31-9-3-2-4-22(31)23-27-16-20(34-23)15-18-5-7-19(26)8-6-18/h5-8,14,16,22H,2-4,9-13,15H2,1H3/t22-/m0/s1. The molecule has 1 atom stereocenters. The van der Waals surface area contributed by atoms with Crippen LogP contribution in [0.4, 0.5) is 10.3 Å². The third kappa shape index (κ3) is 4.94. The van der Waals surface area contributed by atoms with Crippen molar-refractivity contribution in [2.75, 3.05) is 37.7 Å². The Bertz CT molecular complexity index is 1140. The number of aromatic nitrogens is 3. The molecule has 0 spiro atoms. The summed E-state index contributed by atoms with van der Waals surface area (Å²) in [7, 11) is 0. The van der Waals surface area contributed by atoms with E-state index in [1.165, 1.54) is 12.1 Å². The molecule has 4 heterocycles. The van der Waals surface area contributed by atoms with Crippen molar-refractivity contribution in [3.63, 3.8) is 0 Å². The molecule has 1 aromatic carbocycles. The number of benzene rings is 1. The molecule has 0 bridgehead atoms. The normalized spacial score (nSPS) is 18.8. The van der Waals surface area contributed by atoms with Crippen molar-refractivity contribution in [2.24, 2.45) is 0 Å². The molecule has 0 radical (unpaired) electrons. The number of halogens is 1. The van der Waals surface area contributed by atoms with E-state index in [9.17, 15) is 9.18 Å². The van der Waals surface area contributed by atoms with Gasteiger partial charge in [0, 0.05) is 31.7 Å². The van der Waals surface area contributed by atoms with E-state index in [1.807, 2.05) is 11.8 Å². The van der Waals surface area contributed by atoms with Crippen LogP contribution in [0.3, 0.4) is 0 Å². The fraction of sp³-hybridized carbons (Fsp3) is 0.440. The Morgan fingerprint density at radius 2 is 1.91 bits per heavy atom. The molecule has 3 aromatic rings. The maximum Gasteiger partial charge on any atom is 0.273 e. The van der Waals surface area contributed by atoms with Gasteiger partial charge in [-0.1, -0.05) is 12.1 Å². The summed E-state index contributed by atoms with van der Waals surface area (Å²) in [6, 6.07) is 7.83. The van der Waals surface area contributed by atoms with E-state index in [1.54, 1.807) is 24.4 Å². The number of likely N-dealkylation sites (tertiary alicyclic amines) is 1. The van der Waals surface area contributed by atoms with Crippen LogP contribution < -0.4 is 4.90 Å². The fourth-order valence-electron chi connectivity index (χ4n) is 4.51. The van der Waals surface area contributed by atoms with Crippen LogP contribution in [0.2, 0.25) is 0 Å². The minimum Gasteiger partial charge on any atom is -0.443 e. The van der Waals surface area contributed by atoms with Gasteiger partial charge >= 0.3 is 0 Å². The van der Waals surface area contributed by atoms with Crippen molar-refractivity contribution in [1.29, 1.82) is 0 Å². The highest BCUT2D eigenvalue weighted by Crippen LogP contribution is 2.32. The smallest absolute Gasteiger partial charge is 0.273 e. The quantitative estimate of drug-likeness (QED) is 0.568. The average Bonchev–Trinajstić information content (AvgIpc) is 3.33. The maximum absolute atomic E-state index is 13.6. The van der Waals surface area contributed by atoms with E-state index < -0.39 is 0 Å². The number of carbonyl (C=O) groups excluding carboxylic acids is 1. The van der Waals surface area contributed by atoms with Crippen LogP contribution in [0.25, 0.3) is 0 Å². The first-order valence-electron chi connectivity index (χ1n) is 11.8. The van der Waals surface area contributed by atoms with Crippen molar-refractivity contribution in [1.82, 2.24) is 19.9 Å². The van der Waals surface area contributed by atoms with Gasteiger partial charge in [-0.3, -0.25) is 4.79 Å². The Labute approximate surface area is 197 Å². The second-order valence-corrected chi connectivity index (χ2v) is 8.77. The second kappa shape index (κ2) is 9.89. The summed E-state index contributed by atoms with van der Waals surface area (Å²) in [4.78, 5) is 31.1. The summed E-state index contributed by atoms with van der Waals surface area (Å²) < 4.78 is 24.7. The van der Waals surface area contributed by atoms with E-state index in [4.69, 9.17) is 9.15 Å². The van der Waals surface area contributed by atoms with Gasteiger partial charge in [0.2, 0.25) is 11.8 Å². The lowest BCUT2D eigenvalue weighted by Gasteiger charge is -2.34. The predicted octanol–water partition coefficient (Wildman–Crippen LogP) is 3.71. The minimum absolute atomic E-state index is 0.136. The lowest BCUT2D eigenvalue weighted by atomic mass is 10.0. The lowest BCUT2D eigenvalue weighted by molar-refractivity contribution is 0.0563. The molecule has 2 aliphatic rings. The van der Waals surface area contributed by atoms with Gasteiger partial charge in [-0.05, 0) is 49.9 Å². The zero-order valence-electron chi connectivity index (χ0n) is 19.2. The highest BCUT2D eigenvalue weighted by Gasteiger charge is 2.33. The monoisotopic (exact) mass is 465 g/mol. The third-order valence-electron chi connectivity index (χ3n) is 6.27. The third-order valence-corrected chi connectivity index (χ3v) is 6.27. The molecule has 2 aromatic heterocycles. The molecule has 2 aliphatic heterocycles. The molecule has 9 heteroatoms. The van der Waals surface area contributed by atoms with Crippen molar-refractivity contribution >= 4 is 11.9 Å². The number of carbonyl (C=O) groups is 1. The van der Waals surface area contributed by atoms with Crippen LogP contribution in [0.15, 0.2) is 40.9 Å². The molecule has 0 aliphatic carbocycles. The fourth-order valence-corrected chi connectivity index (χ4v) is 4.51. The van der Waals surface area contributed by atoms with Crippen molar-refractivity contribution in [2.45, 2.75) is 38.6 Å². The average molecular weight is 466 g/mol. The highest BCUT2D eigenvalue weighted by molar-refractivity contribution is 5.93. The second-order valence-electron chi connectivity index (χ2n) is 8.77. The Hall–Kier alpha value is -3.33. The van der Waals surface area contributed by atoms with Gasteiger partial charge in [-0.15, -0.1) is 0 Å². The first-order chi connectivity index (χ1) is 16.6. The molecular weight excluding hydrogens is 437 g/mol. The number of hydrogen-bond donors (Lipinski definition) is 0. The molecule has 2 fully saturated rings. The first-order valence-corrected chi connectivity index (χ1v) is 11.8.